The third-order valence-electron chi connectivity index (χ3n) is 7.35. The van der Waals surface area contributed by atoms with Gasteiger partial charge in [0.05, 0.1) is 25.1 Å². The number of rotatable bonds is 5. The molecule has 2 aromatic heterocycles. The highest BCUT2D eigenvalue weighted by Gasteiger charge is 2.67. The molecule has 12 heteroatoms. The van der Waals surface area contributed by atoms with Crippen LogP contribution in [0.1, 0.15) is 54.6 Å². The summed E-state index contributed by atoms with van der Waals surface area (Å²) in [5, 5.41) is 9.63. The van der Waals surface area contributed by atoms with Crippen molar-refractivity contribution < 1.29 is 33.3 Å². The number of carboxylic acids is 1. The summed E-state index contributed by atoms with van der Waals surface area (Å²) in [5.74, 6) is -1.21. The Hall–Kier alpha value is -3.64. The Labute approximate surface area is 212 Å². The number of fused-ring (bicyclic) bond motifs is 1. The minimum absolute atomic E-state index is 0.0475. The zero-order chi connectivity index (χ0) is 26.5. The van der Waals surface area contributed by atoms with Gasteiger partial charge in [0.1, 0.15) is 12.4 Å². The van der Waals surface area contributed by atoms with Gasteiger partial charge in [-0.2, -0.15) is 0 Å². The second-order valence-corrected chi connectivity index (χ2v) is 9.59. The third-order valence-corrected chi connectivity index (χ3v) is 7.35. The molecule has 4 atom stereocenters. The smallest absolute Gasteiger partial charge is 0.335 e. The lowest BCUT2D eigenvalue weighted by atomic mass is 9.80. The lowest BCUT2D eigenvalue weighted by molar-refractivity contribution is -0.174. The van der Waals surface area contributed by atoms with Crippen LogP contribution >= 0.6 is 0 Å². The molecule has 2 aliphatic heterocycles. The van der Waals surface area contributed by atoms with Gasteiger partial charge in [-0.1, -0.05) is 12.1 Å². The number of aromatic carboxylic acids is 1. The summed E-state index contributed by atoms with van der Waals surface area (Å²) in [5.41, 5.74) is -2.40. The second-order valence-electron chi connectivity index (χ2n) is 9.59. The van der Waals surface area contributed by atoms with Crippen LogP contribution in [0.4, 0.5) is 10.2 Å². The van der Waals surface area contributed by atoms with Crippen molar-refractivity contribution >= 4 is 28.9 Å². The molecule has 0 saturated carbocycles. The van der Waals surface area contributed by atoms with Gasteiger partial charge in [0, 0.05) is 20.0 Å². The number of carboxylic acid groups (broad SMARTS) is 1. The fourth-order valence-corrected chi connectivity index (χ4v) is 5.22. The Kier molecular flexibility index (Phi) is 6.11. The van der Waals surface area contributed by atoms with Crippen molar-refractivity contribution in [2.24, 2.45) is 0 Å². The maximum Gasteiger partial charge on any atom is 0.335 e. The standard InChI is InChI=1S/C25H28FN5O6/c1-14-16(6-5-7-17(14)22(33)34)19-25(4,37-15(2)32)24(3,26)23(36-19)31-13-29-18-20(27-12-28-21(18)31)30-8-10-35-11-9-30/h5-7,12-13,19,23H,8-11H2,1-4H3,(H,33,34)/t19-,23?,24+,25?/m1/s1. The fourth-order valence-electron chi connectivity index (χ4n) is 5.22. The van der Waals surface area contributed by atoms with E-state index in [1.165, 1.54) is 44.1 Å². The number of imidazole rings is 1. The summed E-state index contributed by atoms with van der Waals surface area (Å²) < 4.78 is 35.8. The predicted molar refractivity (Wildman–Crippen MR) is 129 cm³/mol. The molecule has 2 unspecified atom stereocenters. The Morgan fingerprint density at radius 3 is 2.59 bits per heavy atom. The summed E-state index contributed by atoms with van der Waals surface area (Å²) >= 11 is 0. The van der Waals surface area contributed by atoms with E-state index >= 15 is 4.39 Å². The number of halogens is 1. The molecule has 0 aliphatic carbocycles. The van der Waals surface area contributed by atoms with E-state index in [0.717, 1.165) is 0 Å². The Balaban J connectivity index is 1.63. The number of aromatic nitrogens is 4. The van der Waals surface area contributed by atoms with E-state index < -0.39 is 35.5 Å². The first-order chi connectivity index (χ1) is 17.6. The van der Waals surface area contributed by atoms with Gasteiger partial charge in [-0.25, -0.2) is 24.1 Å². The molecule has 1 N–H and O–H groups in total. The molecule has 2 saturated heterocycles. The number of ether oxygens (including phenoxy) is 3. The number of hydrogen-bond donors (Lipinski definition) is 1. The lowest BCUT2D eigenvalue weighted by Gasteiger charge is -2.37. The number of carbonyl (C=O) groups is 2. The van der Waals surface area contributed by atoms with Crippen molar-refractivity contribution in [3.63, 3.8) is 0 Å². The van der Waals surface area contributed by atoms with Crippen molar-refractivity contribution in [3.05, 3.63) is 47.5 Å². The largest absolute Gasteiger partial charge is 0.478 e. The molecule has 0 spiro atoms. The van der Waals surface area contributed by atoms with Gasteiger partial charge in [0.2, 0.25) is 0 Å². The minimum Gasteiger partial charge on any atom is -0.478 e. The fraction of sp³-hybridized carbons (Fsp3) is 0.480. The monoisotopic (exact) mass is 513 g/mol. The quantitative estimate of drug-likeness (QED) is 0.508. The average molecular weight is 514 g/mol. The summed E-state index contributed by atoms with van der Waals surface area (Å²) in [6.45, 7) is 7.94. The van der Waals surface area contributed by atoms with Crippen LogP contribution in [0, 0.1) is 6.92 Å². The van der Waals surface area contributed by atoms with Gasteiger partial charge in [0.25, 0.3) is 0 Å². The number of esters is 1. The molecule has 3 aromatic rings. The van der Waals surface area contributed by atoms with Crippen molar-refractivity contribution in [2.45, 2.75) is 51.3 Å². The minimum atomic E-state index is -2.27. The van der Waals surface area contributed by atoms with Crippen LogP contribution in [0.25, 0.3) is 11.2 Å². The van der Waals surface area contributed by atoms with Gasteiger partial charge < -0.3 is 24.2 Å². The first-order valence-electron chi connectivity index (χ1n) is 11.9. The average Bonchev–Trinajstić information content (AvgIpc) is 3.36. The van der Waals surface area contributed by atoms with Crippen LogP contribution in [0.2, 0.25) is 0 Å². The van der Waals surface area contributed by atoms with Crippen molar-refractivity contribution in [1.29, 1.82) is 0 Å². The molecule has 2 aliphatic rings. The van der Waals surface area contributed by atoms with E-state index in [1.807, 2.05) is 4.90 Å². The highest BCUT2D eigenvalue weighted by Crippen LogP contribution is 2.57. The van der Waals surface area contributed by atoms with Crippen molar-refractivity contribution in [1.82, 2.24) is 19.5 Å². The number of benzene rings is 1. The van der Waals surface area contributed by atoms with Gasteiger partial charge >= 0.3 is 11.9 Å². The molecule has 37 heavy (non-hydrogen) atoms. The molecule has 1 aromatic carbocycles. The summed E-state index contributed by atoms with van der Waals surface area (Å²) in [7, 11) is 0. The maximum absolute atomic E-state index is 16.9. The summed E-state index contributed by atoms with van der Waals surface area (Å²) in [6, 6.07) is 4.66. The predicted octanol–water partition coefficient (Wildman–Crippen LogP) is 2.99. The van der Waals surface area contributed by atoms with Gasteiger partial charge in [0.15, 0.2) is 34.5 Å². The molecule has 5 rings (SSSR count). The first kappa shape index (κ1) is 25.0. The number of nitrogens with zero attached hydrogens (tertiary/aromatic N) is 5. The van der Waals surface area contributed by atoms with Crippen LogP contribution in [0.3, 0.4) is 0 Å². The highest BCUT2D eigenvalue weighted by molar-refractivity contribution is 5.89. The highest BCUT2D eigenvalue weighted by atomic mass is 19.1. The van der Waals surface area contributed by atoms with Crippen molar-refractivity contribution in [3.8, 4) is 0 Å². The van der Waals surface area contributed by atoms with E-state index in [9.17, 15) is 14.7 Å². The molecule has 196 valence electrons. The van der Waals surface area contributed by atoms with Crippen LogP contribution in [-0.4, -0.2) is 74.1 Å². The van der Waals surface area contributed by atoms with Crippen LogP contribution < -0.4 is 4.90 Å². The normalized spacial score (nSPS) is 28.0. The number of hydrogen-bond acceptors (Lipinski definition) is 9. The Morgan fingerprint density at radius 2 is 1.92 bits per heavy atom. The zero-order valence-electron chi connectivity index (χ0n) is 21.0. The summed E-state index contributed by atoms with van der Waals surface area (Å²) in [6.07, 6.45) is 0.406. The second kappa shape index (κ2) is 9.03. The van der Waals surface area contributed by atoms with Crippen LogP contribution in [0.5, 0.6) is 0 Å². The Bertz CT molecular complexity index is 1370. The SMILES string of the molecule is CC(=O)OC1(C)[C@@H](c2cccc(C(=O)O)c2C)OC(n2cnc3c(N4CCOCC4)ncnc32)[C@]1(C)F. The number of morpholine rings is 1. The van der Waals surface area contributed by atoms with E-state index in [1.54, 1.807) is 19.1 Å². The third kappa shape index (κ3) is 3.91. The number of carbonyl (C=O) groups excluding carboxylic acids is 1. The lowest BCUT2D eigenvalue weighted by Crippen LogP contribution is -2.51. The maximum atomic E-state index is 16.9. The molecule has 0 bridgehead atoms. The van der Waals surface area contributed by atoms with Gasteiger partial charge in [-0.3, -0.25) is 9.36 Å². The molecule has 0 radical (unpaired) electrons. The van der Waals surface area contributed by atoms with Crippen LogP contribution in [0.15, 0.2) is 30.9 Å². The van der Waals surface area contributed by atoms with Crippen molar-refractivity contribution in [2.75, 3.05) is 31.2 Å². The molecule has 11 nitrogen and oxygen atoms in total. The molecular formula is C25H28FN5O6. The molecule has 2 fully saturated rings. The zero-order valence-corrected chi connectivity index (χ0v) is 21.0. The Morgan fingerprint density at radius 1 is 1.19 bits per heavy atom. The van der Waals surface area contributed by atoms with Gasteiger partial charge in [-0.05, 0) is 38.0 Å². The van der Waals surface area contributed by atoms with Crippen LogP contribution in [-0.2, 0) is 19.0 Å². The molecule has 0 amide bonds. The molecular weight excluding hydrogens is 485 g/mol. The van der Waals surface area contributed by atoms with E-state index in [0.29, 0.717) is 54.4 Å². The summed E-state index contributed by atoms with van der Waals surface area (Å²) in [4.78, 5) is 39.2. The molecule has 4 heterocycles. The number of anilines is 1. The van der Waals surface area contributed by atoms with Gasteiger partial charge in [-0.15, -0.1) is 0 Å². The topological polar surface area (TPSA) is 129 Å². The van der Waals surface area contributed by atoms with E-state index in [-0.39, 0.29) is 5.56 Å². The first-order valence-corrected chi connectivity index (χ1v) is 11.9. The van der Waals surface area contributed by atoms with E-state index in [2.05, 4.69) is 15.0 Å². The van der Waals surface area contributed by atoms with E-state index in [4.69, 9.17) is 14.2 Å². The number of alkyl halides is 1.